The number of rotatable bonds is 13. The Morgan fingerprint density at radius 3 is 2.60 bits per heavy atom. The second-order valence-electron chi connectivity index (χ2n) is 6.87. The van der Waals surface area contributed by atoms with Crippen molar-refractivity contribution in [3.8, 4) is 0 Å². The molecule has 0 bridgehead atoms. The fourth-order valence-corrected chi connectivity index (χ4v) is 5.51. The Morgan fingerprint density at radius 2 is 1.84 bits per heavy atom. The van der Waals surface area contributed by atoms with Crippen molar-refractivity contribution >= 4 is 23.5 Å². The number of benzene rings is 1. The van der Waals surface area contributed by atoms with Crippen LogP contribution in [0.4, 0.5) is 0 Å². The van der Waals surface area contributed by atoms with Crippen LogP contribution in [0.1, 0.15) is 63.9 Å². The van der Waals surface area contributed by atoms with Crippen LogP contribution in [0.2, 0.25) is 0 Å². The van der Waals surface area contributed by atoms with Crippen LogP contribution in [-0.2, 0) is 5.75 Å². The molecule has 0 saturated heterocycles. The van der Waals surface area contributed by atoms with Crippen LogP contribution >= 0.6 is 23.5 Å². The van der Waals surface area contributed by atoms with Gasteiger partial charge in [-0.1, -0.05) is 81.2 Å². The molecular formula is C23H34S2. The van der Waals surface area contributed by atoms with E-state index < -0.39 is 0 Å². The molecule has 1 aliphatic carbocycles. The maximum absolute atomic E-state index is 2.44. The third-order valence-electron chi connectivity index (χ3n) is 4.63. The molecule has 0 spiro atoms. The molecule has 0 aliphatic heterocycles. The summed E-state index contributed by atoms with van der Waals surface area (Å²) in [6.07, 6.45) is 17.9. The molecule has 0 aromatic heterocycles. The van der Waals surface area contributed by atoms with E-state index in [4.69, 9.17) is 0 Å². The summed E-state index contributed by atoms with van der Waals surface area (Å²) in [4.78, 5) is 0. The molecule has 2 heteroatoms. The quantitative estimate of drug-likeness (QED) is 0.325. The monoisotopic (exact) mass is 374 g/mol. The first-order chi connectivity index (χ1) is 12.4. The fourth-order valence-electron chi connectivity index (χ4n) is 3.08. The van der Waals surface area contributed by atoms with E-state index in [1.165, 1.54) is 68.4 Å². The lowest BCUT2D eigenvalue weighted by Crippen LogP contribution is -2.07. The molecule has 0 radical (unpaired) electrons. The third kappa shape index (κ3) is 9.61. The second-order valence-corrected chi connectivity index (χ2v) is 9.26. The topological polar surface area (TPSA) is 0 Å². The van der Waals surface area contributed by atoms with E-state index >= 15 is 0 Å². The molecule has 0 heterocycles. The van der Waals surface area contributed by atoms with Gasteiger partial charge in [0.2, 0.25) is 0 Å². The molecule has 1 aromatic carbocycles. The molecule has 1 aliphatic rings. The van der Waals surface area contributed by atoms with Crippen molar-refractivity contribution in [3.63, 3.8) is 0 Å². The molecule has 138 valence electrons. The number of hydrogen-bond acceptors (Lipinski definition) is 2. The second kappa shape index (κ2) is 13.6. The highest BCUT2D eigenvalue weighted by Gasteiger charge is 2.10. The molecular weight excluding hydrogens is 340 g/mol. The molecule has 0 nitrogen and oxygen atoms in total. The Morgan fingerprint density at radius 1 is 0.960 bits per heavy atom. The first-order valence-electron chi connectivity index (χ1n) is 9.97. The van der Waals surface area contributed by atoms with Gasteiger partial charge in [-0.3, -0.25) is 0 Å². The van der Waals surface area contributed by atoms with Crippen LogP contribution in [0.25, 0.3) is 0 Å². The van der Waals surface area contributed by atoms with Gasteiger partial charge < -0.3 is 0 Å². The van der Waals surface area contributed by atoms with Gasteiger partial charge in [-0.05, 0) is 42.6 Å². The van der Waals surface area contributed by atoms with Crippen molar-refractivity contribution in [1.82, 2.24) is 0 Å². The van der Waals surface area contributed by atoms with Gasteiger partial charge in [0, 0.05) is 16.8 Å². The molecule has 0 saturated carbocycles. The van der Waals surface area contributed by atoms with Crippen LogP contribution in [0.3, 0.4) is 0 Å². The van der Waals surface area contributed by atoms with E-state index in [1.807, 2.05) is 0 Å². The smallest absolute Gasteiger partial charge is 0.0184 e. The van der Waals surface area contributed by atoms with Crippen LogP contribution in [0.15, 0.2) is 54.1 Å². The first-order valence-corrected chi connectivity index (χ1v) is 12.2. The highest BCUT2D eigenvalue weighted by Crippen LogP contribution is 2.27. The zero-order valence-corrected chi connectivity index (χ0v) is 17.4. The van der Waals surface area contributed by atoms with E-state index in [9.17, 15) is 0 Å². The van der Waals surface area contributed by atoms with Crippen molar-refractivity contribution in [1.29, 1.82) is 0 Å². The van der Waals surface area contributed by atoms with Gasteiger partial charge in [0.15, 0.2) is 0 Å². The zero-order chi connectivity index (χ0) is 17.6. The molecule has 1 aromatic rings. The lowest BCUT2D eigenvalue weighted by molar-refractivity contribution is 0.612. The van der Waals surface area contributed by atoms with E-state index in [-0.39, 0.29) is 0 Å². The summed E-state index contributed by atoms with van der Waals surface area (Å²) in [5.74, 6) is 3.65. The lowest BCUT2D eigenvalue weighted by Gasteiger charge is -2.17. The molecule has 0 amide bonds. The maximum atomic E-state index is 2.44. The average molecular weight is 375 g/mol. The van der Waals surface area contributed by atoms with E-state index in [0.29, 0.717) is 0 Å². The van der Waals surface area contributed by atoms with Crippen LogP contribution in [-0.4, -0.2) is 16.8 Å². The van der Waals surface area contributed by atoms with Crippen molar-refractivity contribution < 1.29 is 0 Å². The van der Waals surface area contributed by atoms with Gasteiger partial charge in [-0.25, -0.2) is 0 Å². The highest BCUT2D eigenvalue weighted by molar-refractivity contribution is 8.00. The Balaban J connectivity index is 1.68. The summed E-state index contributed by atoms with van der Waals surface area (Å²) >= 11 is 4.30. The molecule has 2 rings (SSSR count). The summed E-state index contributed by atoms with van der Waals surface area (Å²) in [5.41, 5.74) is 3.00. The number of hydrogen-bond donors (Lipinski definition) is 0. The van der Waals surface area contributed by atoms with Gasteiger partial charge in [-0.2, -0.15) is 23.5 Å². The molecule has 1 unspecified atom stereocenters. The number of unbranched alkanes of at least 4 members (excludes halogenated alkanes) is 3. The zero-order valence-electron chi connectivity index (χ0n) is 15.8. The maximum Gasteiger partial charge on any atom is 0.0184 e. The molecule has 0 N–H and O–H groups in total. The Bertz CT molecular complexity index is 504. The van der Waals surface area contributed by atoms with Crippen molar-refractivity contribution in [2.75, 3.05) is 11.5 Å². The van der Waals surface area contributed by atoms with E-state index in [0.717, 1.165) is 11.0 Å². The average Bonchev–Trinajstić information content (AvgIpc) is 2.67. The summed E-state index contributed by atoms with van der Waals surface area (Å²) in [5, 5.41) is 0.830. The van der Waals surface area contributed by atoms with Crippen molar-refractivity contribution in [2.45, 2.75) is 69.3 Å². The predicted octanol–water partition coefficient (Wildman–Crippen LogP) is 7.66. The summed E-state index contributed by atoms with van der Waals surface area (Å²) in [6.45, 7) is 2.30. The number of allylic oxidation sites excluding steroid dienone is 3. The lowest BCUT2D eigenvalue weighted by atomic mass is 10.1. The largest absolute Gasteiger partial charge is 0.157 e. The van der Waals surface area contributed by atoms with E-state index in [1.54, 1.807) is 5.57 Å². The van der Waals surface area contributed by atoms with Crippen LogP contribution in [0.5, 0.6) is 0 Å². The minimum atomic E-state index is 0.830. The van der Waals surface area contributed by atoms with Gasteiger partial charge in [0.1, 0.15) is 0 Å². The Hall–Kier alpha value is -0.600. The standard InChI is InChI=1S/C23H34S2/c1-2-3-4-11-16-23(25-20-22-14-9-6-10-15-22)17-18-24-19-21-12-7-5-8-13-21/h5,7-9,12-15,23H,2-4,6,10-11,16-20H2,1H3. The minimum Gasteiger partial charge on any atom is -0.157 e. The van der Waals surface area contributed by atoms with Gasteiger partial charge in [0.25, 0.3) is 0 Å². The van der Waals surface area contributed by atoms with Gasteiger partial charge >= 0.3 is 0 Å². The molecule has 1 atom stereocenters. The molecule has 25 heavy (non-hydrogen) atoms. The highest BCUT2D eigenvalue weighted by atomic mass is 32.2. The third-order valence-corrected chi connectivity index (χ3v) is 7.14. The SMILES string of the molecule is CCCCCCC(CCSCc1ccccc1)SCC1=CCCC=C1. The molecule has 0 fully saturated rings. The Labute approximate surface area is 163 Å². The van der Waals surface area contributed by atoms with Crippen molar-refractivity contribution in [3.05, 3.63) is 59.7 Å². The first kappa shape index (κ1) is 20.7. The van der Waals surface area contributed by atoms with Crippen LogP contribution < -0.4 is 0 Å². The Kier molecular flexibility index (Phi) is 11.3. The van der Waals surface area contributed by atoms with Crippen LogP contribution in [0, 0.1) is 0 Å². The summed E-state index contributed by atoms with van der Waals surface area (Å²) < 4.78 is 0. The van der Waals surface area contributed by atoms with Gasteiger partial charge in [0.05, 0.1) is 0 Å². The summed E-state index contributed by atoms with van der Waals surface area (Å²) in [7, 11) is 0. The fraction of sp³-hybridized carbons (Fsp3) is 0.565. The number of thioether (sulfide) groups is 2. The normalized spacial score (nSPS) is 15.2. The predicted molar refractivity (Wildman–Crippen MR) is 119 cm³/mol. The van der Waals surface area contributed by atoms with Gasteiger partial charge in [-0.15, -0.1) is 0 Å². The van der Waals surface area contributed by atoms with E-state index in [2.05, 4.69) is 79.0 Å². The van der Waals surface area contributed by atoms with Crippen molar-refractivity contribution in [2.24, 2.45) is 0 Å². The minimum absolute atomic E-state index is 0.830. The summed E-state index contributed by atoms with van der Waals surface area (Å²) in [6, 6.07) is 10.9.